The number of ether oxygens (including phenoxy) is 1. The molecule has 2 fully saturated rings. The second-order valence-electron chi connectivity index (χ2n) is 8.64. The Balaban J connectivity index is 1.32. The molecule has 4 rings (SSSR count). The molecule has 2 aliphatic heterocycles. The lowest BCUT2D eigenvalue weighted by Gasteiger charge is -2.40. The van der Waals surface area contributed by atoms with Crippen LogP contribution in [0.2, 0.25) is 0 Å². The molecule has 0 radical (unpaired) electrons. The Morgan fingerprint density at radius 1 is 1.06 bits per heavy atom. The molecule has 0 atom stereocenters. The van der Waals surface area contributed by atoms with Crippen LogP contribution in [0.15, 0.2) is 53.0 Å². The van der Waals surface area contributed by atoms with Crippen molar-refractivity contribution in [1.29, 1.82) is 0 Å². The van der Waals surface area contributed by atoms with Crippen LogP contribution >= 0.6 is 15.9 Å². The number of rotatable bonds is 6. The number of piperazine rings is 1. The Morgan fingerprint density at radius 2 is 1.81 bits per heavy atom. The maximum Gasteiger partial charge on any atom is 0.236 e. The SMILES string of the molecule is Cc1ccccc1CN1CCN(C(=O)CNC2(c3cccc(Br)c3)CCOCC2)CC1. The Bertz CT molecular complexity index is 890. The topological polar surface area (TPSA) is 44.8 Å². The normalized spacial score (nSPS) is 19.4. The van der Waals surface area contributed by atoms with Crippen molar-refractivity contribution in [2.45, 2.75) is 31.8 Å². The zero-order chi connectivity index (χ0) is 21.7. The van der Waals surface area contributed by atoms with Gasteiger partial charge in [0.05, 0.1) is 6.54 Å². The molecule has 5 nitrogen and oxygen atoms in total. The van der Waals surface area contributed by atoms with Crippen molar-refractivity contribution in [2.75, 3.05) is 45.9 Å². The first-order valence-corrected chi connectivity index (χ1v) is 12.0. The fraction of sp³-hybridized carbons (Fsp3) is 0.480. The average molecular weight is 486 g/mol. The summed E-state index contributed by atoms with van der Waals surface area (Å²) in [7, 11) is 0. The van der Waals surface area contributed by atoms with Gasteiger partial charge in [-0.05, 0) is 48.6 Å². The van der Waals surface area contributed by atoms with Crippen LogP contribution in [0.1, 0.15) is 29.5 Å². The predicted octanol–water partition coefficient (Wildman–Crippen LogP) is 3.70. The van der Waals surface area contributed by atoms with E-state index in [0.717, 1.165) is 50.0 Å². The summed E-state index contributed by atoms with van der Waals surface area (Å²) in [6, 6.07) is 17.0. The van der Waals surface area contributed by atoms with Gasteiger partial charge in [-0.2, -0.15) is 0 Å². The zero-order valence-corrected chi connectivity index (χ0v) is 19.9. The molecule has 2 aromatic carbocycles. The van der Waals surface area contributed by atoms with Gasteiger partial charge in [0.1, 0.15) is 0 Å². The van der Waals surface area contributed by atoms with Gasteiger partial charge in [0.2, 0.25) is 5.91 Å². The lowest BCUT2D eigenvalue weighted by atomic mass is 9.82. The minimum absolute atomic E-state index is 0.191. The molecule has 2 saturated heterocycles. The van der Waals surface area contributed by atoms with E-state index in [4.69, 9.17) is 4.74 Å². The molecule has 1 N–H and O–H groups in total. The highest BCUT2D eigenvalue weighted by atomic mass is 79.9. The first-order chi connectivity index (χ1) is 15.1. The van der Waals surface area contributed by atoms with Gasteiger partial charge in [0.15, 0.2) is 0 Å². The number of hydrogen-bond acceptors (Lipinski definition) is 4. The molecule has 0 bridgehead atoms. The monoisotopic (exact) mass is 485 g/mol. The summed E-state index contributed by atoms with van der Waals surface area (Å²) < 4.78 is 6.68. The minimum Gasteiger partial charge on any atom is -0.381 e. The molecule has 166 valence electrons. The molecule has 2 aliphatic rings. The van der Waals surface area contributed by atoms with Crippen LogP contribution in [0.4, 0.5) is 0 Å². The lowest BCUT2D eigenvalue weighted by Crippen LogP contribution is -2.54. The summed E-state index contributed by atoms with van der Waals surface area (Å²) in [6.45, 7) is 8.34. The van der Waals surface area contributed by atoms with Crippen LogP contribution in [0.5, 0.6) is 0 Å². The van der Waals surface area contributed by atoms with E-state index in [9.17, 15) is 4.79 Å². The van der Waals surface area contributed by atoms with Gasteiger partial charge in [0.25, 0.3) is 0 Å². The highest BCUT2D eigenvalue weighted by Crippen LogP contribution is 2.33. The van der Waals surface area contributed by atoms with Gasteiger partial charge in [-0.1, -0.05) is 52.3 Å². The number of hydrogen-bond donors (Lipinski definition) is 1. The third kappa shape index (κ3) is 5.55. The van der Waals surface area contributed by atoms with Crippen molar-refractivity contribution in [1.82, 2.24) is 15.1 Å². The summed E-state index contributed by atoms with van der Waals surface area (Å²) in [5, 5.41) is 3.63. The van der Waals surface area contributed by atoms with Crippen molar-refractivity contribution in [2.24, 2.45) is 0 Å². The van der Waals surface area contributed by atoms with Crippen LogP contribution in [0.25, 0.3) is 0 Å². The summed E-state index contributed by atoms with van der Waals surface area (Å²) in [6.07, 6.45) is 1.75. The van der Waals surface area contributed by atoms with Crippen molar-refractivity contribution in [3.63, 3.8) is 0 Å². The first kappa shape index (κ1) is 22.5. The van der Waals surface area contributed by atoms with Crippen LogP contribution in [-0.4, -0.2) is 61.6 Å². The molecule has 0 spiro atoms. The maximum absolute atomic E-state index is 13.0. The van der Waals surface area contributed by atoms with E-state index in [2.05, 4.69) is 75.5 Å². The molecule has 1 amide bonds. The molecule has 0 unspecified atom stereocenters. The molecule has 2 aromatic rings. The minimum atomic E-state index is -0.204. The van der Waals surface area contributed by atoms with E-state index in [1.54, 1.807) is 0 Å². The molecule has 31 heavy (non-hydrogen) atoms. The van der Waals surface area contributed by atoms with Crippen LogP contribution in [0.3, 0.4) is 0 Å². The number of carbonyl (C=O) groups is 1. The third-order valence-electron chi connectivity index (χ3n) is 6.68. The first-order valence-electron chi connectivity index (χ1n) is 11.2. The summed E-state index contributed by atoms with van der Waals surface area (Å²) in [5.74, 6) is 0.191. The Labute approximate surface area is 193 Å². The molecule has 2 heterocycles. The van der Waals surface area contributed by atoms with E-state index in [0.29, 0.717) is 19.8 Å². The van der Waals surface area contributed by atoms with E-state index >= 15 is 0 Å². The second kappa shape index (κ2) is 10.3. The Morgan fingerprint density at radius 3 is 2.52 bits per heavy atom. The van der Waals surface area contributed by atoms with Crippen LogP contribution in [0, 0.1) is 6.92 Å². The van der Waals surface area contributed by atoms with E-state index < -0.39 is 0 Å². The summed E-state index contributed by atoms with van der Waals surface area (Å²) >= 11 is 3.59. The second-order valence-corrected chi connectivity index (χ2v) is 9.56. The van der Waals surface area contributed by atoms with E-state index in [1.165, 1.54) is 16.7 Å². The fourth-order valence-corrected chi connectivity index (χ4v) is 5.01. The van der Waals surface area contributed by atoms with Gasteiger partial charge >= 0.3 is 0 Å². The van der Waals surface area contributed by atoms with E-state index in [-0.39, 0.29) is 11.4 Å². The standard InChI is InChI=1S/C25H32BrN3O2/c1-20-5-2-3-6-21(20)19-28-11-13-29(14-12-28)24(30)18-27-25(9-15-31-16-10-25)22-7-4-8-23(26)17-22/h2-8,17,27H,9-16,18-19H2,1H3. The van der Waals surface area contributed by atoms with Gasteiger partial charge in [0, 0.05) is 55.9 Å². The van der Waals surface area contributed by atoms with Crippen molar-refractivity contribution in [3.05, 3.63) is 69.7 Å². The molecule has 0 aromatic heterocycles. The molecular formula is C25H32BrN3O2. The molecule has 0 saturated carbocycles. The van der Waals surface area contributed by atoms with Crippen LogP contribution < -0.4 is 5.32 Å². The van der Waals surface area contributed by atoms with Crippen molar-refractivity contribution < 1.29 is 9.53 Å². The number of amides is 1. The smallest absolute Gasteiger partial charge is 0.236 e. The number of nitrogens with zero attached hydrogens (tertiary/aromatic N) is 2. The maximum atomic E-state index is 13.0. The van der Waals surface area contributed by atoms with Gasteiger partial charge in [-0.15, -0.1) is 0 Å². The lowest BCUT2D eigenvalue weighted by molar-refractivity contribution is -0.132. The Kier molecular flexibility index (Phi) is 7.43. The van der Waals surface area contributed by atoms with Crippen molar-refractivity contribution in [3.8, 4) is 0 Å². The number of carbonyl (C=O) groups excluding carboxylic acids is 1. The zero-order valence-electron chi connectivity index (χ0n) is 18.3. The number of nitrogens with one attached hydrogen (secondary N) is 1. The molecular weight excluding hydrogens is 454 g/mol. The Hall–Kier alpha value is -1.73. The number of aryl methyl sites for hydroxylation is 1. The van der Waals surface area contributed by atoms with Crippen molar-refractivity contribution >= 4 is 21.8 Å². The van der Waals surface area contributed by atoms with Gasteiger partial charge in [-0.3, -0.25) is 15.0 Å². The number of halogens is 1. The average Bonchev–Trinajstić information content (AvgIpc) is 2.80. The fourth-order valence-electron chi connectivity index (χ4n) is 4.61. The predicted molar refractivity (Wildman–Crippen MR) is 127 cm³/mol. The quantitative estimate of drug-likeness (QED) is 0.677. The third-order valence-corrected chi connectivity index (χ3v) is 7.18. The largest absolute Gasteiger partial charge is 0.381 e. The highest BCUT2D eigenvalue weighted by molar-refractivity contribution is 9.10. The summed E-state index contributed by atoms with van der Waals surface area (Å²) in [4.78, 5) is 17.5. The van der Waals surface area contributed by atoms with Gasteiger partial charge < -0.3 is 9.64 Å². The molecule has 0 aliphatic carbocycles. The highest BCUT2D eigenvalue weighted by Gasteiger charge is 2.35. The summed E-state index contributed by atoms with van der Waals surface area (Å²) in [5.41, 5.74) is 3.73. The number of benzene rings is 2. The van der Waals surface area contributed by atoms with E-state index in [1.807, 2.05) is 11.0 Å². The van der Waals surface area contributed by atoms with Crippen LogP contribution in [-0.2, 0) is 21.6 Å². The van der Waals surface area contributed by atoms with Gasteiger partial charge in [-0.25, -0.2) is 0 Å². The molecule has 6 heteroatoms.